The van der Waals surface area contributed by atoms with Gasteiger partial charge in [-0.1, -0.05) is 42.5 Å². The molecule has 2 heterocycles. The molecule has 1 aliphatic carbocycles. The van der Waals surface area contributed by atoms with Gasteiger partial charge in [0.05, 0.1) is 17.3 Å². The zero-order valence-electron chi connectivity index (χ0n) is 19.5. The largest absolute Gasteiger partial charge is 0.488 e. The van der Waals surface area contributed by atoms with E-state index in [4.69, 9.17) is 9.72 Å². The summed E-state index contributed by atoms with van der Waals surface area (Å²) in [6.45, 7) is 7.90. The third-order valence-corrected chi connectivity index (χ3v) is 6.97. The molecule has 174 valence electrons. The van der Waals surface area contributed by atoms with E-state index < -0.39 is 11.6 Å². The molecule has 1 saturated carbocycles. The number of carbonyl (C=O) groups is 2. The van der Waals surface area contributed by atoms with Gasteiger partial charge in [-0.15, -0.1) is 6.58 Å². The minimum atomic E-state index is -0.788. The number of ether oxygens (including phenoxy) is 1. The Bertz CT molecular complexity index is 1270. The normalized spacial score (nSPS) is 25.6. The van der Waals surface area contributed by atoms with E-state index in [1.165, 1.54) is 6.92 Å². The summed E-state index contributed by atoms with van der Waals surface area (Å²) in [5, 5.41) is 7.18. The fraction of sp³-hybridized carbons (Fsp3) is 0.321. The van der Waals surface area contributed by atoms with Crippen molar-refractivity contribution in [2.45, 2.75) is 44.4 Å². The molecule has 0 bridgehead atoms. The summed E-state index contributed by atoms with van der Waals surface area (Å²) in [6.07, 6.45) is 2.72. The summed E-state index contributed by atoms with van der Waals surface area (Å²) in [7, 11) is 0. The van der Waals surface area contributed by atoms with Gasteiger partial charge in [0.2, 0.25) is 5.91 Å². The molecule has 34 heavy (non-hydrogen) atoms. The smallest absolute Gasteiger partial charge is 0.238 e. The fourth-order valence-electron chi connectivity index (χ4n) is 4.85. The van der Waals surface area contributed by atoms with Crippen molar-refractivity contribution in [1.29, 1.82) is 0 Å². The van der Waals surface area contributed by atoms with E-state index in [1.807, 2.05) is 49.4 Å². The molecule has 1 aliphatic heterocycles. The Labute approximate surface area is 199 Å². The summed E-state index contributed by atoms with van der Waals surface area (Å²) in [5.41, 5.74) is 3.09. The van der Waals surface area contributed by atoms with Crippen LogP contribution in [0.2, 0.25) is 0 Å². The number of carbonyl (C=O) groups excluding carboxylic acids is 2. The van der Waals surface area contributed by atoms with E-state index in [9.17, 15) is 9.59 Å². The van der Waals surface area contributed by atoms with Crippen LogP contribution in [0.15, 0.2) is 67.3 Å². The molecule has 5 rings (SSSR count). The van der Waals surface area contributed by atoms with Crippen molar-refractivity contribution >= 4 is 22.6 Å². The van der Waals surface area contributed by atoms with Gasteiger partial charge in [0.15, 0.2) is 5.78 Å². The van der Waals surface area contributed by atoms with Gasteiger partial charge in [-0.2, -0.15) is 0 Å². The molecule has 2 N–H and O–H groups in total. The van der Waals surface area contributed by atoms with Crippen LogP contribution < -0.4 is 15.4 Å². The minimum Gasteiger partial charge on any atom is -0.488 e. The number of hydrogen-bond donors (Lipinski definition) is 2. The number of ketones is 1. The highest BCUT2D eigenvalue weighted by molar-refractivity contribution is 5.96. The van der Waals surface area contributed by atoms with Crippen LogP contribution in [0.4, 0.5) is 0 Å². The molecule has 2 fully saturated rings. The van der Waals surface area contributed by atoms with Crippen LogP contribution in [0.3, 0.4) is 0 Å². The Morgan fingerprint density at radius 1 is 1.21 bits per heavy atom. The summed E-state index contributed by atoms with van der Waals surface area (Å²) >= 11 is 0. The molecule has 1 aromatic heterocycles. The number of rotatable bonds is 7. The average molecular weight is 456 g/mol. The van der Waals surface area contributed by atoms with Crippen LogP contribution in [0.25, 0.3) is 22.2 Å². The molecule has 0 radical (unpaired) electrons. The second kappa shape index (κ2) is 8.69. The Morgan fingerprint density at radius 3 is 2.71 bits per heavy atom. The number of fused-ring (bicyclic) bond motifs is 1. The van der Waals surface area contributed by atoms with Crippen molar-refractivity contribution in [2.75, 3.05) is 6.54 Å². The summed E-state index contributed by atoms with van der Waals surface area (Å²) in [5.74, 6) is 0.575. The number of aryl methyl sites for hydroxylation is 1. The quantitative estimate of drug-likeness (QED) is 0.527. The number of aromatic nitrogens is 1. The first-order valence-electron chi connectivity index (χ1n) is 11.7. The van der Waals surface area contributed by atoms with E-state index in [2.05, 4.69) is 29.3 Å². The molecular weight excluding hydrogens is 426 g/mol. The lowest BCUT2D eigenvalue weighted by atomic mass is 10.1. The summed E-state index contributed by atoms with van der Waals surface area (Å²) < 4.78 is 6.44. The predicted octanol–water partition coefficient (Wildman–Crippen LogP) is 3.97. The van der Waals surface area contributed by atoms with Crippen LogP contribution >= 0.6 is 0 Å². The van der Waals surface area contributed by atoms with Crippen LogP contribution in [0, 0.1) is 12.8 Å². The first-order chi connectivity index (χ1) is 16.4. The average Bonchev–Trinajstić information content (AvgIpc) is 3.36. The van der Waals surface area contributed by atoms with Gasteiger partial charge in [-0.05, 0) is 38.0 Å². The van der Waals surface area contributed by atoms with Crippen molar-refractivity contribution in [3.05, 3.63) is 72.8 Å². The van der Waals surface area contributed by atoms with Crippen LogP contribution in [-0.2, 0) is 9.59 Å². The van der Waals surface area contributed by atoms with Gasteiger partial charge in [0.25, 0.3) is 0 Å². The van der Waals surface area contributed by atoms with Crippen molar-refractivity contribution in [3.63, 3.8) is 0 Å². The number of hydrogen-bond acceptors (Lipinski definition) is 5. The maximum atomic E-state index is 12.9. The lowest BCUT2D eigenvalue weighted by molar-refractivity contribution is -0.129. The lowest BCUT2D eigenvalue weighted by Crippen LogP contribution is -2.50. The second-order valence-electron chi connectivity index (χ2n) is 9.39. The van der Waals surface area contributed by atoms with Gasteiger partial charge in [0, 0.05) is 35.9 Å². The van der Waals surface area contributed by atoms with Crippen LogP contribution in [-0.4, -0.2) is 40.9 Å². The van der Waals surface area contributed by atoms with Gasteiger partial charge in [-0.3, -0.25) is 9.59 Å². The Morgan fingerprint density at radius 2 is 2.00 bits per heavy atom. The zero-order chi connectivity index (χ0) is 23.9. The second-order valence-corrected chi connectivity index (χ2v) is 9.39. The Hall–Kier alpha value is -3.51. The third kappa shape index (κ3) is 4.10. The number of amides is 1. The van der Waals surface area contributed by atoms with Crippen molar-refractivity contribution < 1.29 is 14.3 Å². The number of pyridine rings is 1. The first kappa shape index (κ1) is 22.3. The van der Waals surface area contributed by atoms with E-state index in [-0.39, 0.29) is 23.7 Å². The van der Waals surface area contributed by atoms with Crippen LogP contribution in [0.1, 0.15) is 25.3 Å². The zero-order valence-corrected chi connectivity index (χ0v) is 19.5. The Kier molecular flexibility index (Phi) is 5.70. The summed E-state index contributed by atoms with van der Waals surface area (Å²) in [4.78, 5) is 29.9. The molecule has 1 saturated heterocycles. The molecule has 6 heteroatoms. The highest BCUT2D eigenvalue weighted by Crippen LogP contribution is 2.45. The molecular formula is C28H29N3O3. The molecule has 2 aromatic carbocycles. The van der Waals surface area contributed by atoms with E-state index >= 15 is 0 Å². The summed E-state index contributed by atoms with van der Waals surface area (Å²) in [6, 6.07) is 17.7. The van der Waals surface area contributed by atoms with Gasteiger partial charge < -0.3 is 15.4 Å². The highest BCUT2D eigenvalue weighted by Gasteiger charge is 2.58. The molecule has 2 aliphatic rings. The molecule has 1 amide bonds. The van der Waals surface area contributed by atoms with Gasteiger partial charge in [-0.25, -0.2) is 4.98 Å². The molecule has 4 atom stereocenters. The lowest BCUT2D eigenvalue weighted by Gasteiger charge is -2.19. The molecule has 6 nitrogen and oxygen atoms in total. The van der Waals surface area contributed by atoms with E-state index in [1.54, 1.807) is 6.08 Å². The van der Waals surface area contributed by atoms with Gasteiger partial charge in [0.1, 0.15) is 17.4 Å². The van der Waals surface area contributed by atoms with Crippen molar-refractivity contribution in [2.24, 2.45) is 5.92 Å². The molecule has 4 unspecified atom stereocenters. The number of nitrogens with one attached hydrogen (secondary N) is 2. The minimum absolute atomic E-state index is 0.00504. The van der Waals surface area contributed by atoms with E-state index in [0.717, 1.165) is 33.5 Å². The number of benzene rings is 2. The maximum absolute atomic E-state index is 12.9. The topological polar surface area (TPSA) is 80.3 Å². The Balaban J connectivity index is 1.35. The SMILES string of the molecule is C=CC1CC1(NC(=O)C1CC(Oc2cc(-c3ccccc3)nc3cc(C)ccc23)CN1)C(C)=O. The van der Waals surface area contributed by atoms with Gasteiger partial charge >= 0.3 is 0 Å². The predicted molar refractivity (Wildman–Crippen MR) is 133 cm³/mol. The molecule has 3 aromatic rings. The number of Topliss-reactive ketones (excluding diaryl/α,β-unsaturated/α-hetero) is 1. The standard InChI is InChI=1S/C28H29N3O3/c1-4-20-15-28(20,18(3)32)31-27(33)25-13-21(16-29-25)34-26-14-23(19-8-6-5-7-9-19)30-24-12-17(2)10-11-22(24)26/h4-12,14,20-21,25,29H,1,13,15-16H2,2-3H3,(H,31,33). The molecule has 0 spiro atoms. The van der Waals surface area contributed by atoms with Crippen LogP contribution in [0.5, 0.6) is 5.75 Å². The number of nitrogens with zero attached hydrogens (tertiary/aromatic N) is 1. The fourth-order valence-corrected chi connectivity index (χ4v) is 4.85. The first-order valence-corrected chi connectivity index (χ1v) is 11.7. The third-order valence-electron chi connectivity index (χ3n) is 6.97. The van der Waals surface area contributed by atoms with Crippen molar-refractivity contribution in [1.82, 2.24) is 15.6 Å². The van der Waals surface area contributed by atoms with E-state index in [0.29, 0.717) is 19.4 Å². The maximum Gasteiger partial charge on any atom is 0.238 e. The highest BCUT2D eigenvalue weighted by atomic mass is 16.5. The monoisotopic (exact) mass is 455 g/mol. The van der Waals surface area contributed by atoms with Crippen molar-refractivity contribution in [3.8, 4) is 17.0 Å².